The van der Waals surface area contributed by atoms with Crippen molar-refractivity contribution in [2.75, 3.05) is 18.8 Å². The van der Waals surface area contributed by atoms with Crippen LogP contribution in [0.1, 0.15) is 33.1 Å². The van der Waals surface area contributed by atoms with Crippen molar-refractivity contribution in [3.05, 3.63) is 70.3 Å². The van der Waals surface area contributed by atoms with E-state index in [4.69, 9.17) is 4.42 Å². The summed E-state index contributed by atoms with van der Waals surface area (Å²) in [5.41, 5.74) is 1.47. The van der Waals surface area contributed by atoms with Gasteiger partial charge in [0.25, 0.3) is 5.91 Å². The van der Waals surface area contributed by atoms with Gasteiger partial charge in [0.1, 0.15) is 0 Å². The number of thioether (sulfide) groups is 1. The lowest BCUT2D eigenvalue weighted by Gasteiger charge is -2.12. The molecule has 3 rings (SSSR count). The van der Waals surface area contributed by atoms with E-state index in [1.54, 1.807) is 18.3 Å². The average molecular weight is 401 g/mol. The van der Waals surface area contributed by atoms with Gasteiger partial charge in [-0.15, -0.1) is 11.8 Å². The maximum Gasteiger partial charge on any atom is 0.287 e. The first-order chi connectivity index (χ1) is 13.5. The van der Waals surface area contributed by atoms with Gasteiger partial charge in [0.2, 0.25) is 12.5 Å². The van der Waals surface area contributed by atoms with Crippen LogP contribution < -0.4 is 5.32 Å². The maximum atomic E-state index is 11.9. The third-order valence-electron chi connectivity index (χ3n) is 4.20. The van der Waals surface area contributed by atoms with E-state index >= 15 is 0 Å². The van der Waals surface area contributed by atoms with Gasteiger partial charge in [0, 0.05) is 35.7 Å². The van der Waals surface area contributed by atoms with Crippen LogP contribution in [0.25, 0.3) is 10.9 Å². The molecule has 2 aromatic heterocycles. The Labute approximate surface area is 165 Å². The second-order valence-corrected chi connectivity index (χ2v) is 7.41. The van der Waals surface area contributed by atoms with E-state index in [1.165, 1.54) is 29.5 Å². The Hall–Kier alpha value is -3.07. The SMILES string of the molecule is CC(=O)n1cc([C@@H](C[N+](=O)[O-])SCCNC(=O)c2ccco2)c2ccccc21. The minimum absolute atomic E-state index is 0.155. The van der Waals surface area contributed by atoms with Gasteiger partial charge in [0.15, 0.2) is 5.76 Å². The van der Waals surface area contributed by atoms with Crippen LogP contribution in [0.2, 0.25) is 0 Å². The number of carbonyl (C=O) groups excluding carboxylic acids is 2. The first-order valence-electron chi connectivity index (χ1n) is 8.63. The first kappa shape index (κ1) is 19.7. The highest BCUT2D eigenvalue weighted by Crippen LogP contribution is 2.35. The van der Waals surface area contributed by atoms with Gasteiger partial charge in [-0.3, -0.25) is 24.3 Å². The zero-order chi connectivity index (χ0) is 20.1. The number of carbonyl (C=O) groups is 2. The standard InChI is InChI=1S/C19H19N3O5S/c1-13(23)21-11-15(14-5-2-3-6-16(14)21)18(12-22(25)26)28-10-8-20-19(24)17-7-4-9-27-17/h2-7,9,11,18H,8,10,12H2,1H3,(H,20,24)/t18-/m1/s1. The lowest BCUT2D eigenvalue weighted by atomic mass is 10.1. The van der Waals surface area contributed by atoms with Gasteiger partial charge in [-0.25, -0.2) is 0 Å². The van der Waals surface area contributed by atoms with E-state index in [9.17, 15) is 19.7 Å². The number of nitro groups is 1. The lowest BCUT2D eigenvalue weighted by molar-refractivity contribution is -0.479. The molecule has 0 aliphatic carbocycles. The molecule has 1 aromatic carbocycles. The molecule has 0 saturated heterocycles. The molecule has 0 aliphatic rings. The van der Waals surface area contributed by atoms with Crippen LogP contribution in [0, 0.1) is 10.1 Å². The molecule has 146 valence electrons. The lowest BCUT2D eigenvalue weighted by Crippen LogP contribution is -2.25. The van der Waals surface area contributed by atoms with Gasteiger partial charge < -0.3 is 9.73 Å². The number of amides is 1. The number of hydrogen-bond donors (Lipinski definition) is 1. The number of furan rings is 1. The smallest absolute Gasteiger partial charge is 0.287 e. The van der Waals surface area contributed by atoms with Gasteiger partial charge in [-0.05, 0) is 23.8 Å². The van der Waals surface area contributed by atoms with Crippen LogP contribution in [-0.4, -0.2) is 40.1 Å². The summed E-state index contributed by atoms with van der Waals surface area (Å²) in [4.78, 5) is 34.6. The fourth-order valence-corrected chi connectivity index (χ4v) is 4.06. The molecule has 28 heavy (non-hydrogen) atoms. The fraction of sp³-hybridized carbons (Fsp3) is 0.263. The summed E-state index contributed by atoms with van der Waals surface area (Å²) in [6, 6.07) is 10.5. The van der Waals surface area contributed by atoms with Gasteiger partial charge in [-0.1, -0.05) is 18.2 Å². The molecule has 1 atom stereocenters. The van der Waals surface area contributed by atoms with E-state index < -0.39 is 5.25 Å². The molecule has 0 radical (unpaired) electrons. The first-order valence-corrected chi connectivity index (χ1v) is 9.68. The molecular weight excluding hydrogens is 382 g/mol. The molecule has 0 fully saturated rings. The number of fused-ring (bicyclic) bond motifs is 1. The number of nitrogens with one attached hydrogen (secondary N) is 1. The van der Waals surface area contributed by atoms with Gasteiger partial charge in [-0.2, -0.15) is 0 Å². The molecular formula is C19H19N3O5S. The summed E-state index contributed by atoms with van der Waals surface area (Å²) in [5.74, 6) is 0.212. The summed E-state index contributed by atoms with van der Waals surface area (Å²) < 4.78 is 6.54. The molecule has 0 unspecified atom stereocenters. The van der Waals surface area contributed by atoms with Crippen molar-refractivity contribution in [3.8, 4) is 0 Å². The van der Waals surface area contributed by atoms with E-state index in [0.29, 0.717) is 12.3 Å². The van der Waals surface area contributed by atoms with Crippen molar-refractivity contribution in [3.63, 3.8) is 0 Å². The van der Waals surface area contributed by atoms with E-state index in [2.05, 4.69) is 5.32 Å². The zero-order valence-corrected chi connectivity index (χ0v) is 16.0. The van der Waals surface area contributed by atoms with E-state index in [0.717, 1.165) is 16.5 Å². The summed E-state index contributed by atoms with van der Waals surface area (Å²) in [5, 5.41) is 14.3. The van der Waals surface area contributed by atoms with Crippen molar-refractivity contribution in [2.45, 2.75) is 12.2 Å². The Kier molecular flexibility index (Phi) is 6.15. The monoisotopic (exact) mass is 401 g/mol. The number of para-hydroxylation sites is 1. The highest BCUT2D eigenvalue weighted by atomic mass is 32.2. The Bertz CT molecular complexity index is 996. The van der Waals surface area contributed by atoms with Crippen molar-refractivity contribution < 1.29 is 18.9 Å². The van der Waals surface area contributed by atoms with Gasteiger partial charge >= 0.3 is 0 Å². The minimum Gasteiger partial charge on any atom is -0.459 e. The van der Waals surface area contributed by atoms with Crippen LogP contribution in [-0.2, 0) is 0 Å². The third kappa shape index (κ3) is 4.42. The average Bonchev–Trinajstić information content (AvgIpc) is 3.31. The van der Waals surface area contributed by atoms with Crippen molar-refractivity contribution >= 4 is 34.5 Å². The van der Waals surface area contributed by atoms with Crippen molar-refractivity contribution in [2.24, 2.45) is 0 Å². The molecule has 8 nitrogen and oxygen atoms in total. The third-order valence-corrected chi connectivity index (χ3v) is 5.44. The highest BCUT2D eigenvalue weighted by Gasteiger charge is 2.24. The quantitative estimate of drug-likeness (QED) is 0.352. The summed E-state index contributed by atoms with van der Waals surface area (Å²) in [6.07, 6.45) is 3.09. The van der Waals surface area contributed by atoms with Crippen LogP contribution in [0.4, 0.5) is 0 Å². The summed E-state index contributed by atoms with van der Waals surface area (Å²) in [6.45, 7) is 1.52. The van der Waals surface area contributed by atoms with Crippen LogP contribution in [0.5, 0.6) is 0 Å². The topological polar surface area (TPSA) is 107 Å². The van der Waals surface area contributed by atoms with E-state index in [1.807, 2.05) is 24.3 Å². The Morgan fingerprint density at radius 3 is 2.75 bits per heavy atom. The predicted molar refractivity (Wildman–Crippen MR) is 106 cm³/mol. The summed E-state index contributed by atoms with van der Waals surface area (Å²) in [7, 11) is 0. The second-order valence-electron chi connectivity index (χ2n) is 6.10. The molecule has 0 saturated carbocycles. The number of rotatable bonds is 8. The molecule has 2 heterocycles. The summed E-state index contributed by atoms with van der Waals surface area (Å²) >= 11 is 1.37. The molecule has 0 bridgehead atoms. The predicted octanol–water partition coefficient (Wildman–Crippen LogP) is 3.38. The Morgan fingerprint density at radius 1 is 1.29 bits per heavy atom. The van der Waals surface area contributed by atoms with Crippen LogP contribution in [0.15, 0.2) is 53.3 Å². The van der Waals surface area contributed by atoms with Crippen molar-refractivity contribution in [1.82, 2.24) is 9.88 Å². The van der Waals surface area contributed by atoms with Crippen LogP contribution >= 0.6 is 11.8 Å². The number of nitrogens with zero attached hydrogens (tertiary/aromatic N) is 2. The molecule has 3 aromatic rings. The maximum absolute atomic E-state index is 11.9. The molecule has 0 aliphatic heterocycles. The van der Waals surface area contributed by atoms with Crippen LogP contribution in [0.3, 0.4) is 0 Å². The normalized spacial score (nSPS) is 12.0. The molecule has 0 spiro atoms. The molecule has 1 amide bonds. The minimum atomic E-state index is -0.444. The molecule has 1 N–H and O–H groups in total. The largest absolute Gasteiger partial charge is 0.459 e. The number of benzene rings is 1. The highest BCUT2D eigenvalue weighted by molar-refractivity contribution is 7.99. The fourth-order valence-electron chi connectivity index (χ4n) is 2.96. The zero-order valence-electron chi connectivity index (χ0n) is 15.2. The Balaban J connectivity index is 1.74. The second kappa shape index (κ2) is 8.75. The molecule has 9 heteroatoms. The number of aromatic nitrogens is 1. The van der Waals surface area contributed by atoms with Gasteiger partial charge in [0.05, 0.1) is 17.0 Å². The Morgan fingerprint density at radius 2 is 2.07 bits per heavy atom. The number of hydrogen-bond acceptors (Lipinski definition) is 6. The van der Waals surface area contributed by atoms with Crippen molar-refractivity contribution in [1.29, 1.82) is 0 Å². The van der Waals surface area contributed by atoms with E-state index in [-0.39, 0.29) is 29.0 Å².